The summed E-state index contributed by atoms with van der Waals surface area (Å²) in [4.78, 5) is 32.1. The molecule has 20 heavy (non-hydrogen) atoms. The van der Waals surface area contributed by atoms with E-state index < -0.39 is 11.9 Å². The molecule has 0 amide bonds. The lowest BCUT2D eigenvalue weighted by Crippen LogP contribution is -2.14. The van der Waals surface area contributed by atoms with Crippen molar-refractivity contribution in [1.29, 1.82) is 0 Å². The van der Waals surface area contributed by atoms with E-state index in [1.54, 1.807) is 0 Å². The zero-order valence-electron chi connectivity index (χ0n) is 12.0. The number of carbonyl (C=O) groups excluding carboxylic acids is 1. The highest BCUT2D eigenvalue weighted by molar-refractivity contribution is 5.69. The van der Waals surface area contributed by atoms with Crippen LogP contribution in [0.3, 0.4) is 0 Å². The Morgan fingerprint density at radius 3 is 2.05 bits per heavy atom. The van der Waals surface area contributed by atoms with Crippen LogP contribution in [0.15, 0.2) is 0 Å². The molecule has 0 spiro atoms. The Kier molecular flexibility index (Phi) is 10.4. The Hall–Kier alpha value is -1.59. The van der Waals surface area contributed by atoms with E-state index in [1.165, 1.54) is 0 Å². The summed E-state index contributed by atoms with van der Waals surface area (Å²) >= 11 is 0. The molecular weight excluding hydrogens is 264 g/mol. The first kappa shape index (κ1) is 18.4. The van der Waals surface area contributed by atoms with E-state index in [4.69, 9.17) is 14.9 Å². The largest absolute Gasteiger partial charge is 0.481 e. The smallest absolute Gasteiger partial charge is 0.305 e. The van der Waals surface area contributed by atoms with Gasteiger partial charge in [-0.25, -0.2) is 0 Å². The summed E-state index contributed by atoms with van der Waals surface area (Å²) in [6.07, 6.45) is 3.59. The van der Waals surface area contributed by atoms with Crippen molar-refractivity contribution in [3.05, 3.63) is 0 Å². The highest BCUT2D eigenvalue weighted by atomic mass is 16.5. The van der Waals surface area contributed by atoms with Crippen molar-refractivity contribution in [2.24, 2.45) is 5.92 Å². The molecule has 0 bridgehead atoms. The van der Waals surface area contributed by atoms with Crippen molar-refractivity contribution < 1.29 is 29.3 Å². The first-order valence-electron chi connectivity index (χ1n) is 7.04. The first-order chi connectivity index (χ1) is 9.45. The number of ether oxygens (including phenoxy) is 1. The fraction of sp³-hybridized carbons (Fsp3) is 0.786. The molecule has 6 heteroatoms. The quantitative estimate of drug-likeness (QED) is 0.422. The molecule has 0 aliphatic rings. The fourth-order valence-electron chi connectivity index (χ4n) is 1.78. The standard InChI is InChI=1S/C14H24O6/c1-2-11(6-5-8-13(17)18)10-20-14(19)9-4-3-7-12(15)16/h11H,2-10H2,1H3,(H,15,16)(H,17,18). The molecule has 1 atom stereocenters. The number of carboxylic acid groups (broad SMARTS) is 2. The van der Waals surface area contributed by atoms with E-state index in [1.807, 2.05) is 6.92 Å². The average Bonchev–Trinajstić information content (AvgIpc) is 2.38. The summed E-state index contributed by atoms with van der Waals surface area (Å²) in [5, 5.41) is 17.0. The lowest BCUT2D eigenvalue weighted by Gasteiger charge is -2.14. The minimum absolute atomic E-state index is 0.0695. The van der Waals surface area contributed by atoms with E-state index in [-0.39, 0.29) is 31.1 Å². The summed E-state index contributed by atoms with van der Waals surface area (Å²) in [7, 11) is 0. The maximum Gasteiger partial charge on any atom is 0.305 e. The number of aliphatic carboxylic acids is 2. The average molecular weight is 288 g/mol. The van der Waals surface area contributed by atoms with Crippen molar-refractivity contribution in [1.82, 2.24) is 0 Å². The number of rotatable bonds is 12. The Bertz CT molecular complexity index is 313. The molecule has 0 aromatic heterocycles. The molecule has 6 nitrogen and oxygen atoms in total. The van der Waals surface area contributed by atoms with Crippen molar-refractivity contribution >= 4 is 17.9 Å². The van der Waals surface area contributed by atoms with Gasteiger partial charge in [0.1, 0.15) is 0 Å². The summed E-state index contributed by atoms with van der Waals surface area (Å²) < 4.78 is 5.13. The van der Waals surface area contributed by atoms with Crippen LogP contribution in [0.1, 0.15) is 58.3 Å². The number of unbranched alkanes of at least 4 members (excludes halogenated alkanes) is 1. The maximum absolute atomic E-state index is 11.4. The predicted octanol–water partition coefficient (Wildman–Crippen LogP) is 2.46. The third kappa shape index (κ3) is 11.5. The normalized spacial score (nSPS) is 11.8. The second kappa shape index (κ2) is 11.3. The van der Waals surface area contributed by atoms with Crippen LogP contribution in [-0.2, 0) is 19.1 Å². The van der Waals surface area contributed by atoms with Gasteiger partial charge in [0.2, 0.25) is 0 Å². The summed E-state index contributed by atoms with van der Waals surface area (Å²) in [6, 6.07) is 0. The van der Waals surface area contributed by atoms with Crippen LogP contribution >= 0.6 is 0 Å². The van der Waals surface area contributed by atoms with E-state index in [0.29, 0.717) is 25.9 Å². The van der Waals surface area contributed by atoms with Crippen molar-refractivity contribution in [2.45, 2.75) is 58.3 Å². The molecule has 0 aliphatic carbocycles. The molecule has 0 fully saturated rings. The van der Waals surface area contributed by atoms with Gasteiger partial charge in [-0.3, -0.25) is 14.4 Å². The van der Waals surface area contributed by atoms with Crippen molar-refractivity contribution in [2.75, 3.05) is 6.61 Å². The van der Waals surface area contributed by atoms with Gasteiger partial charge in [0.25, 0.3) is 0 Å². The summed E-state index contributed by atoms with van der Waals surface area (Å²) in [6.45, 7) is 2.29. The second-order valence-corrected chi connectivity index (χ2v) is 4.84. The van der Waals surface area contributed by atoms with Gasteiger partial charge >= 0.3 is 17.9 Å². The van der Waals surface area contributed by atoms with Crippen LogP contribution in [0.2, 0.25) is 0 Å². The maximum atomic E-state index is 11.4. The molecular formula is C14H24O6. The Morgan fingerprint density at radius 2 is 1.50 bits per heavy atom. The molecule has 0 rings (SSSR count). The van der Waals surface area contributed by atoms with Gasteiger partial charge in [-0.1, -0.05) is 13.3 Å². The Morgan fingerprint density at radius 1 is 0.950 bits per heavy atom. The number of carboxylic acids is 2. The molecule has 0 aliphatic heterocycles. The number of hydrogen-bond acceptors (Lipinski definition) is 4. The van der Waals surface area contributed by atoms with Crippen LogP contribution in [0, 0.1) is 5.92 Å². The molecule has 0 radical (unpaired) electrons. The van der Waals surface area contributed by atoms with E-state index in [0.717, 1.165) is 12.8 Å². The van der Waals surface area contributed by atoms with Gasteiger partial charge < -0.3 is 14.9 Å². The van der Waals surface area contributed by atoms with Crippen LogP contribution in [-0.4, -0.2) is 34.7 Å². The van der Waals surface area contributed by atoms with E-state index in [2.05, 4.69) is 0 Å². The molecule has 0 heterocycles. The highest BCUT2D eigenvalue weighted by Crippen LogP contribution is 2.13. The molecule has 0 saturated carbocycles. The fourth-order valence-corrected chi connectivity index (χ4v) is 1.78. The molecule has 2 N–H and O–H groups in total. The predicted molar refractivity (Wildman–Crippen MR) is 72.3 cm³/mol. The lowest BCUT2D eigenvalue weighted by molar-refractivity contribution is -0.146. The van der Waals surface area contributed by atoms with E-state index in [9.17, 15) is 14.4 Å². The van der Waals surface area contributed by atoms with Crippen LogP contribution in [0.4, 0.5) is 0 Å². The first-order valence-corrected chi connectivity index (χ1v) is 7.04. The molecule has 0 aromatic carbocycles. The molecule has 1 unspecified atom stereocenters. The van der Waals surface area contributed by atoms with Gasteiger partial charge in [0, 0.05) is 19.3 Å². The number of carbonyl (C=O) groups is 3. The Labute approximate surface area is 119 Å². The third-order valence-corrected chi connectivity index (χ3v) is 3.08. The van der Waals surface area contributed by atoms with Crippen LogP contribution in [0.25, 0.3) is 0 Å². The van der Waals surface area contributed by atoms with Crippen LogP contribution < -0.4 is 0 Å². The molecule has 116 valence electrons. The zero-order valence-corrected chi connectivity index (χ0v) is 12.0. The van der Waals surface area contributed by atoms with Gasteiger partial charge in [-0.15, -0.1) is 0 Å². The van der Waals surface area contributed by atoms with Gasteiger partial charge in [0.15, 0.2) is 0 Å². The second-order valence-electron chi connectivity index (χ2n) is 4.84. The summed E-state index contributed by atoms with van der Waals surface area (Å²) in [5.41, 5.74) is 0. The topological polar surface area (TPSA) is 101 Å². The Balaban J connectivity index is 3.67. The highest BCUT2D eigenvalue weighted by Gasteiger charge is 2.11. The minimum atomic E-state index is -0.858. The van der Waals surface area contributed by atoms with Crippen LogP contribution in [0.5, 0.6) is 0 Å². The SMILES string of the molecule is CCC(CCCC(=O)O)COC(=O)CCCCC(=O)O. The van der Waals surface area contributed by atoms with Crippen molar-refractivity contribution in [3.8, 4) is 0 Å². The zero-order chi connectivity index (χ0) is 15.4. The van der Waals surface area contributed by atoms with E-state index >= 15 is 0 Å². The lowest BCUT2D eigenvalue weighted by atomic mass is 10.0. The van der Waals surface area contributed by atoms with Gasteiger partial charge in [-0.2, -0.15) is 0 Å². The number of esters is 1. The van der Waals surface area contributed by atoms with Gasteiger partial charge in [-0.05, 0) is 31.6 Å². The van der Waals surface area contributed by atoms with Gasteiger partial charge in [0.05, 0.1) is 6.61 Å². The minimum Gasteiger partial charge on any atom is -0.481 e. The summed E-state index contributed by atoms with van der Waals surface area (Å²) in [5.74, 6) is -1.79. The molecule has 0 saturated heterocycles. The molecule has 0 aromatic rings. The number of hydrogen-bond donors (Lipinski definition) is 2. The third-order valence-electron chi connectivity index (χ3n) is 3.08. The van der Waals surface area contributed by atoms with Crippen molar-refractivity contribution in [3.63, 3.8) is 0 Å². The monoisotopic (exact) mass is 288 g/mol.